The second-order valence-corrected chi connectivity index (χ2v) is 11.0. The van der Waals surface area contributed by atoms with Gasteiger partial charge >= 0.3 is 12.1 Å². The van der Waals surface area contributed by atoms with Gasteiger partial charge in [0.25, 0.3) is 5.56 Å². The molecular weight excluding hydrogens is 609 g/mol. The molecule has 1 atom stereocenters. The molecule has 0 bridgehead atoms. The monoisotopic (exact) mass is 638 g/mol. The van der Waals surface area contributed by atoms with Crippen molar-refractivity contribution in [3.8, 4) is 17.2 Å². The van der Waals surface area contributed by atoms with Crippen LogP contribution in [-0.4, -0.2) is 31.4 Å². The minimum atomic E-state index is -4.50. The molecule has 0 saturated carbocycles. The van der Waals surface area contributed by atoms with Gasteiger partial charge in [-0.05, 0) is 73.5 Å². The van der Waals surface area contributed by atoms with E-state index in [0.717, 1.165) is 12.1 Å². The van der Waals surface area contributed by atoms with Gasteiger partial charge in [-0.3, -0.25) is 9.36 Å². The van der Waals surface area contributed by atoms with E-state index in [9.17, 15) is 22.8 Å². The third-order valence-electron chi connectivity index (χ3n) is 7.11. The van der Waals surface area contributed by atoms with Crippen molar-refractivity contribution in [1.82, 2.24) is 4.57 Å². The fraction of sp³-hybridized carbons (Fsp3) is 0.242. The van der Waals surface area contributed by atoms with Gasteiger partial charge in [0.15, 0.2) is 4.80 Å². The molecule has 5 rings (SSSR count). The number of hydrogen-bond acceptors (Lipinski definition) is 8. The second kappa shape index (κ2) is 13.0. The number of ether oxygens (including phenoxy) is 4. The first-order valence-corrected chi connectivity index (χ1v) is 14.7. The predicted molar refractivity (Wildman–Crippen MR) is 162 cm³/mol. The summed E-state index contributed by atoms with van der Waals surface area (Å²) in [5.74, 6) is 0.581. The largest absolute Gasteiger partial charge is 0.497 e. The molecule has 0 amide bonds. The average Bonchev–Trinajstić information content (AvgIpc) is 3.32. The molecule has 1 aliphatic heterocycles. The Kier molecular flexibility index (Phi) is 9.14. The van der Waals surface area contributed by atoms with Gasteiger partial charge in [-0.25, -0.2) is 9.79 Å². The molecule has 0 radical (unpaired) electrons. The van der Waals surface area contributed by atoms with Crippen LogP contribution in [0, 0.1) is 0 Å². The summed E-state index contributed by atoms with van der Waals surface area (Å²) < 4.78 is 63.1. The third kappa shape index (κ3) is 6.65. The highest BCUT2D eigenvalue weighted by molar-refractivity contribution is 7.07. The lowest BCUT2D eigenvalue weighted by molar-refractivity contribution is -0.139. The van der Waals surface area contributed by atoms with Crippen molar-refractivity contribution in [1.29, 1.82) is 0 Å². The Morgan fingerprint density at radius 2 is 1.78 bits per heavy atom. The van der Waals surface area contributed by atoms with Crippen LogP contribution in [0.4, 0.5) is 13.2 Å². The van der Waals surface area contributed by atoms with Crippen molar-refractivity contribution in [2.24, 2.45) is 4.99 Å². The van der Waals surface area contributed by atoms with E-state index < -0.39 is 23.8 Å². The number of rotatable bonds is 9. The van der Waals surface area contributed by atoms with E-state index in [1.807, 2.05) is 0 Å². The number of allylic oxidation sites excluding steroid dienone is 1. The highest BCUT2D eigenvalue weighted by atomic mass is 32.1. The zero-order valence-corrected chi connectivity index (χ0v) is 25.6. The van der Waals surface area contributed by atoms with Gasteiger partial charge < -0.3 is 18.9 Å². The van der Waals surface area contributed by atoms with E-state index in [0.29, 0.717) is 43.2 Å². The molecule has 234 valence electrons. The van der Waals surface area contributed by atoms with Gasteiger partial charge in [0.2, 0.25) is 0 Å². The van der Waals surface area contributed by atoms with Crippen LogP contribution in [-0.2, 0) is 22.3 Å². The summed E-state index contributed by atoms with van der Waals surface area (Å²) in [6.07, 6.45) is -2.81. The Morgan fingerprint density at radius 1 is 1.02 bits per heavy atom. The molecule has 0 saturated heterocycles. The molecular formula is C33H29F3N2O6S. The molecule has 8 nitrogen and oxygen atoms in total. The van der Waals surface area contributed by atoms with Gasteiger partial charge in [-0.15, -0.1) is 0 Å². The predicted octanol–water partition coefficient (Wildman–Crippen LogP) is 5.41. The summed E-state index contributed by atoms with van der Waals surface area (Å²) in [7, 11) is 3.03. The Labute approximate surface area is 260 Å². The summed E-state index contributed by atoms with van der Waals surface area (Å²) in [6.45, 7) is 3.50. The lowest BCUT2D eigenvalue weighted by atomic mass is 9.96. The van der Waals surface area contributed by atoms with E-state index in [4.69, 9.17) is 18.9 Å². The van der Waals surface area contributed by atoms with Crippen molar-refractivity contribution in [2.75, 3.05) is 20.8 Å². The Bertz CT molecular complexity index is 1940. The topological polar surface area (TPSA) is 88.4 Å². The number of carbonyl (C=O) groups is 1. The van der Waals surface area contributed by atoms with Crippen LogP contribution >= 0.6 is 11.3 Å². The molecule has 45 heavy (non-hydrogen) atoms. The van der Waals surface area contributed by atoms with Crippen molar-refractivity contribution in [3.05, 3.63) is 120 Å². The van der Waals surface area contributed by atoms with Crippen molar-refractivity contribution in [3.63, 3.8) is 0 Å². The van der Waals surface area contributed by atoms with Crippen LogP contribution in [0.5, 0.6) is 17.2 Å². The number of carbonyl (C=O) groups excluding carboxylic acids is 1. The molecule has 0 fully saturated rings. The van der Waals surface area contributed by atoms with Crippen molar-refractivity contribution in [2.45, 2.75) is 32.7 Å². The van der Waals surface area contributed by atoms with Crippen molar-refractivity contribution < 1.29 is 36.9 Å². The Morgan fingerprint density at radius 3 is 2.44 bits per heavy atom. The van der Waals surface area contributed by atoms with Crippen LogP contribution < -0.4 is 29.1 Å². The normalized spacial score (nSPS) is 14.9. The highest BCUT2D eigenvalue weighted by Crippen LogP contribution is 2.33. The smallest absolute Gasteiger partial charge is 0.416 e. The van der Waals surface area contributed by atoms with E-state index in [2.05, 4.69) is 4.99 Å². The van der Waals surface area contributed by atoms with Crippen LogP contribution in [0.15, 0.2) is 87.8 Å². The summed E-state index contributed by atoms with van der Waals surface area (Å²) in [5.41, 5.74) is 1.41. The number of methoxy groups -OCH3 is 2. The zero-order chi connectivity index (χ0) is 32.3. The van der Waals surface area contributed by atoms with E-state index >= 15 is 0 Å². The lowest BCUT2D eigenvalue weighted by Gasteiger charge is -2.24. The van der Waals surface area contributed by atoms with Crippen LogP contribution in [0.1, 0.15) is 42.1 Å². The van der Waals surface area contributed by atoms with Gasteiger partial charge in [0.1, 0.15) is 23.9 Å². The first-order chi connectivity index (χ1) is 21.5. The zero-order valence-electron chi connectivity index (χ0n) is 24.8. The number of halogens is 3. The number of fused-ring (bicyclic) bond motifs is 1. The minimum Gasteiger partial charge on any atom is -0.497 e. The fourth-order valence-corrected chi connectivity index (χ4v) is 6.02. The first-order valence-electron chi connectivity index (χ1n) is 13.8. The van der Waals surface area contributed by atoms with Gasteiger partial charge in [-0.1, -0.05) is 35.6 Å². The Balaban J connectivity index is 1.54. The standard InChI is InChI=1S/C33H29F3N2O6S/c1-5-43-31(40)28-19(2)37-32-38(29(28)21-10-12-24(41-3)13-11-21)30(39)27(45-32)16-20-9-14-26(42-4)22(15-20)18-44-25-8-6-7-23(17-25)33(34,35)36/h6-17,29H,5,18H2,1-4H3/t29-/m1/s1. The maximum atomic E-state index is 13.9. The van der Waals surface area contributed by atoms with Crippen LogP contribution in [0.3, 0.4) is 0 Å². The molecule has 3 aromatic carbocycles. The summed E-state index contributed by atoms with van der Waals surface area (Å²) in [4.78, 5) is 32.0. The summed E-state index contributed by atoms with van der Waals surface area (Å²) in [6, 6.07) is 16.1. The molecule has 1 aliphatic rings. The van der Waals surface area contributed by atoms with Crippen molar-refractivity contribution >= 4 is 23.4 Å². The molecule has 0 aliphatic carbocycles. The molecule has 0 unspecified atom stereocenters. The number of benzene rings is 3. The number of thiazole rings is 1. The highest BCUT2D eigenvalue weighted by Gasteiger charge is 2.33. The fourth-order valence-electron chi connectivity index (χ4n) is 4.97. The number of alkyl halides is 3. The number of aromatic nitrogens is 1. The molecule has 1 aromatic heterocycles. The second-order valence-electron chi connectivity index (χ2n) is 9.96. The average molecular weight is 639 g/mol. The van der Waals surface area contributed by atoms with Crippen LogP contribution in [0.2, 0.25) is 0 Å². The maximum Gasteiger partial charge on any atom is 0.416 e. The molecule has 0 N–H and O–H groups in total. The van der Waals surface area contributed by atoms with E-state index in [-0.39, 0.29) is 30.1 Å². The minimum absolute atomic E-state index is 0.0527. The first kappa shape index (κ1) is 31.6. The Hall–Kier alpha value is -4.84. The molecule has 0 spiro atoms. The molecule has 12 heteroatoms. The summed E-state index contributed by atoms with van der Waals surface area (Å²) >= 11 is 1.17. The van der Waals surface area contributed by atoms with Gasteiger partial charge in [0, 0.05) is 5.56 Å². The van der Waals surface area contributed by atoms with E-state index in [1.54, 1.807) is 69.5 Å². The quantitative estimate of drug-likeness (QED) is 0.228. The lowest BCUT2D eigenvalue weighted by Crippen LogP contribution is -2.39. The SMILES string of the molecule is CCOC(=O)C1=C(C)N=c2sc(=Cc3ccc(OC)c(COc4cccc(C(F)(F)F)c4)c3)c(=O)n2[C@@H]1c1ccc(OC)cc1. The van der Waals surface area contributed by atoms with Gasteiger partial charge in [-0.2, -0.15) is 13.2 Å². The van der Waals surface area contributed by atoms with Crippen LogP contribution in [0.25, 0.3) is 6.08 Å². The molecule has 2 heterocycles. The molecule has 4 aromatic rings. The van der Waals surface area contributed by atoms with Gasteiger partial charge in [0.05, 0.1) is 48.2 Å². The third-order valence-corrected chi connectivity index (χ3v) is 8.09. The summed E-state index contributed by atoms with van der Waals surface area (Å²) in [5, 5.41) is 0. The maximum absolute atomic E-state index is 13.9. The van der Waals surface area contributed by atoms with E-state index in [1.165, 1.54) is 35.1 Å². The number of nitrogens with zero attached hydrogens (tertiary/aromatic N) is 2. The number of hydrogen-bond donors (Lipinski definition) is 0. The number of esters is 1.